The zero-order valence-electron chi connectivity index (χ0n) is 10.3. The van der Waals surface area contributed by atoms with Crippen molar-refractivity contribution in [1.29, 1.82) is 0 Å². The number of aromatic nitrogens is 1. The highest BCUT2D eigenvalue weighted by molar-refractivity contribution is 5.94. The Labute approximate surface area is 101 Å². The highest BCUT2D eigenvalue weighted by atomic mass is 16.2. The van der Waals surface area contributed by atoms with Crippen molar-refractivity contribution in [3.8, 4) is 0 Å². The third kappa shape index (κ3) is 2.75. The Morgan fingerprint density at radius 2 is 2.24 bits per heavy atom. The third-order valence-electron chi connectivity index (χ3n) is 3.09. The molecule has 1 heterocycles. The normalized spacial score (nSPS) is 15.0. The molecule has 1 aromatic heterocycles. The van der Waals surface area contributed by atoms with Crippen molar-refractivity contribution in [1.82, 2.24) is 9.88 Å². The molecule has 92 valence electrons. The zero-order valence-corrected chi connectivity index (χ0v) is 10.3. The van der Waals surface area contributed by atoms with Gasteiger partial charge in [0.25, 0.3) is 5.91 Å². The molecule has 2 rings (SSSR count). The number of hydrogen-bond donors (Lipinski definition) is 1. The Morgan fingerprint density at radius 3 is 2.76 bits per heavy atom. The Bertz CT molecular complexity index is 460. The number of nitrogens with one attached hydrogen (secondary N) is 1. The number of amides is 1. The van der Waals surface area contributed by atoms with Crippen LogP contribution < -0.4 is 5.43 Å². The largest absolute Gasteiger partial charge is 0.367 e. The number of carbonyl (C=O) groups is 1. The number of rotatable bonds is 4. The lowest BCUT2D eigenvalue weighted by atomic mass is 10.2. The van der Waals surface area contributed by atoms with Crippen LogP contribution in [0.5, 0.6) is 0 Å². The molecule has 1 N–H and O–H groups in total. The summed E-state index contributed by atoms with van der Waals surface area (Å²) in [7, 11) is 0. The molecule has 1 aromatic rings. The second kappa shape index (κ2) is 4.73. The van der Waals surface area contributed by atoms with Crippen molar-refractivity contribution in [3.63, 3.8) is 0 Å². The van der Waals surface area contributed by atoms with E-state index in [2.05, 4.69) is 4.98 Å². The molecular formula is C13H18N2O2. The van der Waals surface area contributed by atoms with Gasteiger partial charge in [-0.1, -0.05) is 0 Å². The molecule has 0 spiro atoms. The fourth-order valence-electron chi connectivity index (χ4n) is 1.84. The van der Waals surface area contributed by atoms with Gasteiger partial charge < -0.3 is 9.88 Å². The molecule has 0 saturated heterocycles. The van der Waals surface area contributed by atoms with Crippen LogP contribution in [-0.4, -0.2) is 28.4 Å². The number of nitrogens with zero attached hydrogens (tertiary/aromatic N) is 1. The second-order valence-electron chi connectivity index (χ2n) is 4.92. The van der Waals surface area contributed by atoms with Gasteiger partial charge in [-0.2, -0.15) is 0 Å². The van der Waals surface area contributed by atoms with Crippen LogP contribution in [0.1, 0.15) is 37.0 Å². The molecule has 0 aromatic carbocycles. The molecule has 1 saturated carbocycles. The first-order valence-electron chi connectivity index (χ1n) is 6.07. The summed E-state index contributed by atoms with van der Waals surface area (Å²) in [5, 5.41) is 0. The maximum Gasteiger partial charge on any atom is 0.259 e. The summed E-state index contributed by atoms with van der Waals surface area (Å²) in [6.45, 7) is 4.74. The predicted octanol–water partition coefficient (Wildman–Crippen LogP) is 1.64. The smallest absolute Gasteiger partial charge is 0.259 e. The lowest BCUT2D eigenvalue weighted by Gasteiger charge is -2.26. The van der Waals surface area contributed by atoms with E-state index < -0.39 is 0 Å². The van der Waals surface area contributed by atoms with E-state index in [1.54, 1.807) is 11.1 Å². The van der Waals surface area contributed by atoms with Crippen LogP contribution in [0.25, 0.3) is 0 Å². The summed E-state index contributed by atoms with van der Waals surface area (Å²) in [6.07, 6.45) is 5.43. The first-order valence-corrected chi connectivity index (χ1v) is 6.07. The van der Waals surface area contributed by atoms with Crippen LogP contribution in [0.2, 0.25) is 0 Å². The van der Waals surface area contributed by atoms with E-state index >= 15 is 0 Å². The summed E-state index contributed by atoms with van der Waals surface area (Å²) >= 11 is 0. The molecule has 1 fully saturated rings. The molecule has 4 nitrogen and oxygen atoms in total. The summed E-state index contributed by atoms with van der Waals surface area (Å²) in [5.41, 5.74) is 0.0250. The van der Waals surface area contributed by atoms with Crippen molar-refractivity contribution in [2.75, 3.05) is 6.54 Å². The lowest BCUT2D eigenvalue weighted by Crippen LogP contribution is -2.40. The first kappa shape index (κ1) is 11.9. The van der Waals surface area contributed by atoms with Gasteiger partial charge in [-0.25, -0.2) is 0 Å². The van der Waals surface area contributed by atoms with E-state index in [0.29, 0.717) is 5.92 Å². The number of aromatic amines is 1. The van der Waals surface area contributed by atoms with Gasteiger partial charge in [-0.05, 0) is 32.6 Å². The molecule has 1 amide bonds. The Hall–Kier alpha value is -1.58. The van der Waals surface area contributed by atoms with E-state index in [4.69, 9.17) is 0 Å². The van der Waals surface area contributed by atoms with Gasteiger partial charge in [0, 0.05) is 31.0 Å². The van der Waals surface area contributed by atoms with E-state index in [1.807, 2.05) is 13.8 Å². The van der Waals surface area contributed by atoms with Crippen LogP contribution in [0.15, 0.2) is 23.3 Å². The van der Waals surface area contributed by atoms with E-state index in [9.17, 15) is 9.59 Å². The summed E-state index contributed by atoms with van der Waals surface area (Å²) < 4.78 is 0. The average Bonchev–Trinajstić information content (AvgIpc) is 3.09. The van der Waals surface area contributed by atoms with E-state index in [0.717, 1.165) is 6.54 Å². The number of pyridine rings is 1. The predicted molar refractivity (Wildman–Crippen MR) is 66.0 cm³/mol. The summed E-state index contributed by atoms with van der Waals surface area (Å²) in [4.78, 5) is 28.5. The Kier molecular flexibility index (Phi) is 3.31. The van der Waals surface area contributed by atoms with Crippen molar-refractivity contribution < 1.29 is 4.79 Å². The minimum Gasteiger partial charge on any atom is -0.367 e. The van der Waals surface area contributed by atoms with Crippen molar-refractivity contribution in [2.24, 2.45) is 5.92 Å². The maximum absolute atomic E-state index is 12.3. The summed E-state index contributed by atoms with van der Waals surface area (Å²) in [6, 6.07) is 1.52. The van der Waals surface area contributed by atoms with Gasteiger partial charge in [0.15, 0.2) is 5.43 Å². The second-order valence-corrected chi connectivity index (χ2v) is 4.92. The number of carbonyl (C=O) groups excluding carboxylic acids is 1. The van der Waals surface area contributed by atoms with Crippen molar-refractivity contribution >= 4 is 5.91 Å². The molecule has 1 aliphatic rings. The molecule has 17 heavy (non-hydrogen) atoms. The first-order chi connectivity index (χ1) is 8.09. The highest BCUT2D eigenvalue weighted by Crippen LogP contribution is 2.30. The van der Waals surface area contributed by atoms with Crippen molar-refractivity contribution in [3.05, 3.63) is 34.2 Å². The summed E-state index contributed by atoms with van der Waals surface area (Å²) in [5.74, 6) is 0.470. The fraction of sp³-hybridized carbons (Fsp3) is 0.538. The molecule has 0 bridgehead atoms. The van der Waals surface area contributed by atoms with Gasteiger partial charge in [0.05, 0.1) is 0 Å². The standard InChI is InChI=1S/C13H18N2O2/c1-9(2)15(8-10-3-4-10)13(17)11-7-14-6-5-12(11)16/h5-7,9-10H,3-4,8H2,1-2H3,(H,14,16). The monoisotopic (exact) mass is 234 g/mol. The molecule has 0 unspecified atom stereocenters. The third-order valence-corrected chi connectivity index (χ3v) is 3.09. The van der Waals surface area contributed by atoms with Crippen LogP contribution in [-0.2, 0) is 0 Å². The lowest BCUT2D eigenvalue weighted by molar-refractivity contribution is 0.0694. The highest BCUT2D eigenvalue weighted by Gasteiger charge is 2.29. The van der Waals surface area contributed by atoms with E-state index in [1.165, 1.54) is 25.1 Å². The van der Waals surface area contributed by atoms with E-state index in [-0.39, 0.29) is 22.9 Å². The fourth-order valence-corrected chi connectivity index (χ4v) is 1.84. The average molecular weight is 234 g/mol. The van der Waals surface area contributed by atoms with Crippen LogP contribution in [0.4, 0.5) is 0 Å². The SMILES string of the molecule is CC(C)N(CC1CC1)C(=O)c1c[nH]ccc1=O. The molecule has 0 radical (unpaired) electrons. The Balaban J connectivity index is 2.21. The van der Waals surface area contributed by atoms with Crippen LogP contribution in [0, 0.1) is 5.92 Å². The molecule has 1 aliphatic carbocycles. The molecule has 4 heteroatoms. The minimum absolute atomic E-state index is 0.128. The van der Waals surface area contributed by atoms with Gasteiger partial charge in [0.2, 0.25) is 0 Å². The molecule has 0 atom stereocenters. The van der Waals surface area contributed by atoms with Crippen LogP contribution in [0.3, 0.4) is 0 Å². The van der Waals surface area contributed by atoms with Gasteiger partial charge in [0.1, 0.15) is 5.56 Å². The van der Waals surface area contributed by atoms with Crippen molar-refractivity contribution in [2.45, 2.75) is 32.7 Å². The topological polar surface area (TPSA) is 53.2 Å². The molecular weight excluding hydrogens is 216 g/mol. The maximum atomic E-state index is 12.3. The quantitative estimate of drug-likeness (QED) is 0.861. The number of hydrogen-bond acceptors (Lipinski definition) is 2. The van der Waals surface area contributed by atoms with Gasteiger partial charge in [-0.15, -0.1) is 0 Å². The molecule has 0 aliphatic heterocycles. The van der Waals surface area contributed by atoms with Crippen LogP contribution >= 0.6 is 0 Å². The number of H-pyrrole nitrogens is 1. The Morgan fingerprint density at radius 1 is 1.53 bits per heavy atom. The van der Waals surface area contributed by atoms with Gasteiger partial charge >= 0.3 is 0 Å². The van der Waals surface area contributed by atoms with Gasteiger partial charge in [-0.3, -0.25) is 9.59 Å². The zero-order chi connectivity index (χ0) is 12.4. The minimum atomic E-state index is -0.213.